The van der Waals surface area contributed by atoms with Gasteiger partial charge in [0, 0.05) is 36.1 Å². The molecule has 4 rings (SSSR count). The van der Waals surface area contributed by atoms with Crippen molar-refractivity contribution in [2.45, 2.75) is 25.4 Å². The monoisotopic (exact) mass is 446 g/mol. The largest absolute Gasteiger partial charge is 0.450 e. The normalized spacial score (nSPS) is 15.9. The highest BCUT2D eigenvalue weighted by Crippen LogP contribution is 2.27. The minimum absolute atomic E-state index is 0.144. The Labute approximate surface area is 171 Å². The summed E-state index contributed by atoms with van der Waals surface area (Å²) in [5.74, 6) is 0.217. The van der Waals surface area contributed by atoms with Crippen molar-refractivity contribution in [2.75, 3.05) is 13.1 Å². The van der Waals surface area contributed by atoms with E-state index in [2.05, 4.69) is 38.3 Å². The Hall–Kier alpha value is -1.82. The second kappa shape index (κ2) is 8.05. The van der Waals surface area contributed by atoms with Gasteiger partial charge in [-0.2, -0.15) is 0 Å². The number of piperidine rings is 1. The van der Waals surface area contributed by atoms with Crippen LogP contribution in [0.2, 0.25) is 5.02 Å². The average molecular weight is 448 g/mol. The number of nitrogens with one attached hydrogen (secondary N) is 1. The summed E-state index contributed by atoms with van der Waals surface area (Å²) in [5, 5.41) is 4.80. The van der Waals surface area contributed by atoms with Gasteiger partial charge in [-0.25, -0.2) is 0 Å². The fraction of sp³-hybridized carbons (Fsp3) is 0.286. The molecule has 2 aromatic carbocycles. The number of para-hydroxylation sites is 1. The number of carbonyl (C=O) groups is 1. The molecule has 1 saturated heterocycles. The maximum atomic E-state index is 12.6. The fourth-order valence-corrected chi connectivity index (χ4v) is 4.07. The molecule has 2 heterocycles. The first kappa shape index (κ1) is 18.5. The zero-order chi connectivity index (χ0) is 18.8. The molecule has 1 aliphatic heterocycles. The van der Waals surface area contributed by atoms with Gasteiger partial charge in [0.1, 0.15) is 5.58 Å². The summed E-state index contributed by atoms with van der Waals surface area (Å²) >= 11 is 9.40. The highest BCUT2D eigenvalue weighted by atomic mass is 79.9. The molecule has 1 fully saturated rings. The van der Waals surface area contributed by atoms with Crippen LogP contribution in [0, 0.1) is 0 Å². The van der Waals surface area contributed by atoms with Crippen molar-refractivity contribution in [3.8, 4) is 0 Å². The molecule has 0 unspecified atom stereocenters. The Bertz CT molecular complexity index is 946. The van der Waals surface area contributed by atoms with Crippen LogP contribution in [0.1, 0.15) is 29.0 Å². The van der Waals surface area contributed by atoms with Crippen molar-refractivity contribution in [1.82, 2.24) is 10.2 Å². The molecule has 0 atom stereocenters. The molecule has 0 aliphatic carbocycles. The van der Waals surface area contributed by atoms with Crippen LogP contribution in [0.25, 0.3) is 11.0 Å². The van der Waals surface area contributed by atoms with Gasteiger partial charge >= 0.3 is 0 Å². The van der Waals surface area contributed by atoms with Crippen LogP contribution < -0.4 is 5.32 Å². The summed E-state index contributed by atoms with van der Waals surface area (Å²) in [6, 6.07) is 15.7. The van der Waals surface area contributed by atoms with Crippen molar-refractivity contribution in [3.05, 3.63) is 69.3 Å². The first-order valence-corrected chi connectivity index (χ1v) is 10.2. The molecule has 27 heavy (non-hydrogen) atoms. The SMILES string of the molecule is O=C(NC1CCN(Cc2ccc(Cl)cc2)CC1)c1cc2cccc(Br)c2o1. The van der Waals surface area contributed by atoms with Gasteiger partial charge in [-0.05, 0) is 58.6 Å². The highest BCUT2D eigenvalue weighted by molar-refractivity contribution is 9.10. The number of rotatable bonds is 4. The van der Waals surface area contributed by atoms with Gasteiger partial charge in [-0.15, -0.1) is 0 Å². The van der Waals surface area contributed by atoms with Crippen molar-refractivity contribution in [3.63, 3.8) is 0 Å². The number of hydrogen-bond donors (Lipinski definition) is 1. The Kier molecular flexibility index (Phi) is 5.53. The molecule has 4 nitrogen and oxygen atoms in total. The number of fused-ring (bicyclic) bond motifs is 1. The molecule has 140 valence electrons. The number of carbonyl (C=O) groups excluding carboxylic acids is 1. The lowest BCUT2D eigenvalue weighted by molar-refractivity contribution is 0.0883. The maximum absolute atomic E-state index is 12.6. The second-order valence-electron chi connectivity index (χ2n) is 6.92. The number of halogens is 2. The van der Waals surface area contributed by atoms with Crippen molar-refractivity contribution >= 4 is 44.4 Å². The molecule has 1 amide bonds. The van der Waals surface area contributed by atoms with E-state index in [1.165, 1.54) is 5.56 Å². The van der Waals surface area contributed by atoms with Gasteiger partial charge in [-0.1, -0.05) is 35.9 Å². The third-order valence-electron chi connectivity index (χ3n) is 4.96. The second-order valence-corrected chi connectivity index (χ2v) is 8.21. The van der Waals surface area contributed by atoms with Gasteiger partial charge in [0.05, 0.1) is 4.47 Å². The van der Waals surface area contributed by atoms with E-state index >= 15 is 0 Å². The minimum atomic E-state index is -0.144. The van der Waals surface area contributed by atoms with Crippen molar-refractivity contribution < 1.29 is 9.21 Å². The summed E-state index contributed by atoms with van der Waals surface area (Å²) in [4.78, 5) is 15.0. The molecule has 1 aliphatic rings. The zero-order valence-corrected chi connectivity index (χ0v) is 17.1. The highest BCUT2D eigenvalue weighted by Gasteiger charge is 2.23. The fourth-order valence-electron chi connectivity index (χ4n) is 3.48. The van der Waals surface area contributed by atoms with E-state index in [4.69, 9.17) is 16.0 Å². The average Bonchev–Trinajstić information content (AvgIpc) is 3.11. The molecule has 3 aromatic rings. The van der Waals surface area contributed by atoms with Gasteiger partial charge in [0.15, 0.2) is 5.76 Å². The molecule has 6 heteroatoms. The lowest BCUT2D eigenvalue weighted by Gasteiger charge is -2.32. The van der Waals surface area contributed by atoms with Crippen LogP contribution in [0.5, 0.6) is 0 Å². The van der Waals surface area contributed by atoms with Gasteiger partial charge < -0.3 is 9.73 Å². The number of likely N-dealkylation sites (tertiary alicyclic amines) is 1. The smallest absolute Gasteiger partial charge is 0.287 e. The van der Waals surface area contributed by atoms with Gasteiger partial charge in [0.25, 0.3) is 5.91 Å². The van der Waals surface area contributed by atoms with Gasteiger partial charge in [-0.3, -0.25) is 9.69 Å². The quantitative estimate of drug-likeness (QED) is 0.594. The topological polar surface area (TPSA) is 45.5 Å². The van der Waals surface area contributed by atoms with Gasteiger partial charge in [0.2, 0.25) is 0 Å². The molecular formula is C21H20BrClN2O2. The predicted molar refractivity (Wildman–Crippen MR) is 111 cm³/mol. The number of benzene rings is 2. The number of hydrogen-bond acceptors (Lipinski definition) is 3. The first-order chi connectivity index (χ1) is 13.1. The van der Waals surface area contributed by atoms with Crippen LogP contribution in [-0.4, -0.2) is 29.9 Å². The summed E-state index contributed by atoms with van der Waals surface area (Å²) in [7, 11) is 0. The van der Waals surface area contributed by atoms with E-state index < -0.39 is 0 Å². The molecule has 0 radical (unpaired) electrons. The number of nitrogens with zero attached hydrogens (tertiary/aromatic N) is 1. The van der Waals surface area contributed by atoms with Crippen LogP contribution >= 0.6 is 27.5 Å². The summed E-state index contributed by atoms with van der Waals surface area (Å²) in [6.45, 7) is 2.83. The van der Waals surface area contributed by atoms with E-state index in [0.717, 1.165) is 47.4 Å². The lowest BCUT2D eigenvalue weighted by atomic mass is 10.0. The van der Waals surface area contributed by atoms with Crippen LogP contribution in [0.15, 0.2) is 57.4 Å². The summed E-state index contributed by atoms with van der Waals surface area (Å²) in [5.41, 5.74) is 1.97. The molecule has 0 spiro atoms. The van der Waals surface area contributed by atoms with Crippen LogP contribution in [0.4, 0.5) is 0 Å². The maximum Gasteiger partial charge on any atom is 0.287 e. The van der Waals surface area contributed by atoms with E-state index in [1.54, 1.807) is 6.07 Å². The van der Waals surface area contributed by atoms with E-state index in [-0.39, 0.29) is 11.9 Å². The lowest BCUT2D eigenvalue weighted by Crippen LogP contribution is -2.44. The van der Waals surface area contributed by atoms with Crippen LogP contribution in [-0.2, 0) is 6.54 Å². The Morgan fingerprint density at radius 1 is 1.19 bits per heavy atom. The summed E-state index contributed by atoms with van der Waals surface area (Å²) < 4.78 is 6.59. The molecule has 1 aromatic heterocycles. The Balaban J connectivity index is 1.32. The molecule has 1 N–H and O–H groups in total. The summed E-state index contributed by atoms with van der Waals surface area (Å²) in [6.07, 6.45) is 1.87. The minimum Gasteiger partial charge on any atom is -0.450 e. The first-order valence-electron chi connectivity index (χ1n) is 9.04. The number of amides is 1. The Morgan fingerprint density at radius 2 is 1.93 bits per heavy atom. The third-order valence-corrected chi connectivity index (χ3v) is 5.84. The van der Waals surface area contributed by atoms with Crippen molar-refractivity contribution in [1.29, 1.82) is 0 Å². The predicted octanol–water partition coefficient (Wildman–Crippen LogP) is 5.24. The molecular weight excluding hydrogens is 428 g/mol. The Morgan fingerprint density at radius 3 is 2.63 bits per heavy atom. The number of furan rings is 1. The van der Waals surface area contributed by atoms with E-state index in [0.29, 0.717) is 11.3 Å². The van der Waals surface area contributed by atoms with Crippen LogP contribution in [0.3, 0.4) is 0 Å². The van der Waals surface area contributed by atoms with Crippen molar-refractivity contribution in [2.24, 2.45) is 0 Å². The van der Waals surface area contributed by atoms with E-state index in [1.807, 2.05) is 30.3 Å². The molecule has 0 saturated carbocycles. The molecule has 0 bridgehead atoms. The third kappa shape index (κ3) is 4.37. The zero-order valence-electron chi connectivity index (χ0n) is 14.8. The standard InChI is InChI=1S/C21H20BrClN2O2/c22-18-3-1-2-15-12-19(27-20(15)18)21(26)24-17-8-10-25(11-9-17)13-14-4-6-16(23)7-5-14/h1-7,12,17H,8-11,13H2,(H,24,26). The van der Waals surface area contributed by atoms with E-state index in [9.17, 15) is 4.79 Å².